The molecule has 5 nitrogen and oxygen atoms in total. The molecule has 1 aromatic heterocycles. The molecule has 0 atom stereocenters. The molecule has 0 unspecified atom stereocenters. The number of ether oxygens (including phenoxy) is 2. The lowest BCUT2D eigenvalue weighted by molar-refractivity contribution is 0.0965. The van der Waals surface area contributed by atoms with E-state index >= 15 is 0 Å². The lowest BCUT2D eigenvalue weighted by atomic mass is 10.2. The normalized spacial score (nSPS) is 12.5. The van der Waals surface area contributed by atoms with Crippen molar-refractivity contribution in [1.29, 1.82) is 0 Å². The number of rotatable bonds is 2. The zero-order chi connectivity index (χ0) is 13.4. The molecule has 2 heterocycles. The highest BCUT2D eigenvalue weighted by atomic mass is 79.9. The van der Waals surface area contributed by atoms with Gasteiger partial charge in [0.2, 0.25) is 6.79 Å². The van der Waals surface area contributed by atoms with Crippen molar-refractivity contribution in [3.05, 3.63) is 40.8 Å². The van der Waals surface area contributed by atoms with Crippen LogP contribution in [0.1, 0.15) is 10.6 Å². The first kappa shape index (κ1) is 12.1. The first-order chi connectivity index (χ1) is 9.15. The van der Waals surface area contributed by atoms with Gasteiger partial charge >= 0.3 is 0 Å². The van der Waals surface area contributed by atoms with Crippen LogP contribution < -0.4 is 14.4 Å². The van der Waals surface area contributed by atoms with Crippen molar-refractivity contribution in [3.8, 4) is 11.5 Å². The van der Waals surface area contributed by atoms with E-state index < -0.39 is 0 Å². The number of halogens is 1. The highest BCUT2D eigenvalue weighted by Gasteiger charge is 2.20. The highest BCUT2D eigenvalue weighted by molar-refractivity contribution is 9.10. The van der Waals surface area contributed by atoms with Gasteiger partial charge in [0.1, 0.15) is 0 Å². The number of carbonyl (C=O) groups is 1. The van der Waals surface area contributed by atoms with Crippen molar-refractivity contribution in [2.24, 2.45) is 0 Å². The van der Waals surface area contributed by atoms with Crippen LogP contribution in [0.2, 0.25) is 0 Å². The lowest BCUT2D eigenvalue weighted by Crippen LogP contribution is -2.25. The Bertz CT molecular complexity index is 637. The Balaban J connectivity index is 1.87. The van der Waals surface area contributed by atoms with E-state index in [9.17, 15) is 4.79 Å². The standard InChI is InChI=1S/C13H10BrNO4/c1-15(13(16)10-4-5-12(14)19-10)8-2-3-9-11(6-8)18-7-17-9/h2-6H,7H2,1H3. The molecule has 1 amide bonds. The molecule has 1 aromatic carbocycles. The average Bonchev–Trinajstić information content (AvgIpc) is 3.04. The third-order valence-corrected chi connectivity index (χ3v) is 3.26. The molecule has 0 N–H and O–H groups in total. The number of hydrogen-bond acceptors (Lipinski definition) is 4. The Kier molecular flexibility index (Phi) is 2.94. The maximum absolute atomic E-state index is 12.2. The molecule has 0 aliphatic carbocycles. The lowest BCUT2D eigenvalue weighted by Gasteiger charge is -2.16. The highest BCUT2D eigenvalue weighted by Crippen LogP contribution is 2.35. The van der Waals surface area contributed by atoms with Gasteiger partial charge in [0.05, 0.1) is 0 Å². The maximum atomic E-state index is 12.2. The van der Waals surface area contributed by atoms with Crippen LogP contribution in [-0.4, -0.2) is 19.7 Å². The van der Waals surface area contributed by atoms with Crippen LogP contribution >= 0.6 is 15.9 Å². The second-order valence-electron chi connectivity index (χ2n) is 4.01. The summed E-state index contributed by atoms with van der Waals surface area (Å²) in [5.41, 5.74) is 0.710. The van der Waals surface area contributed by atoms with Crippen LogP contribution in [0.15, 0.2) is 39.4 Å². The molecule has 1 aliphatic heterocycles. The van der Waals surface area contributed by atoms with Gasteiger partial charge in [-0.3, -0.25) is 4.79 Å². The van der Waals surface area contributed by atoms with Crippen LogP contribution in [0.5, 0.6) is 11.5 Å². The summed E-state index contributed by atoms with van der Waals surface area (Å²) in [5.74, 6) is 1.36. The third kappa shape index (κ3) is 2.19. The van der Waals surface area contributed by atoms with Gasteiger partial charge in [-0.2, -0.15) is 0 Å². The number of fused-ring (bicyclic) bond motifs is 1. The fraction of sp³-hybridized carbons (Fsp3) is 0.154. The molecule has 2 aromatic rings. The largest absolute Gasteiger partial charge is 0.454 e. The molecule has 0 fully saturated rings. The zero-order valence-corrected chi connectivity index (χ0v) is 11.6. The van der Waals surface area contributed by atoms with Gasteiger partial charge in [-0.25, -0.2) is 0 Å². The van der Waals surface area contributed by atoms with Crippen molar-refractivity contribution in [2.75, 3.05) is 18.7 Å². The summed E-state index contributed by atoms with van der Waals surface area (Å²) in [6.07, 6.45) is 0. The Morgan fingerprint density at radius 2 is 2.00 bits per heavy atom. The number of nitrogens with zero attached hydrogens (tertiary/aromatic N) is 1. The molecular weight excluding hydrogens is 314 g/mol. The molecule has 1 aliphatic rings. The molecule has 6 heteroatoms. The summed E-state index contributed by atoms with van der Waals surface area (Å²) in [5, 5.41) is 0. The third-order valence-electron chi connectivity index (χ3n) is 2.83. The number of amides is 1. The first-order valence-electron chi connectivity index (χ1n) is 5.58. The quantitative estimate of drug-likeness (QED) is 0.852. The zero-order valence-electron chi connectivity index (χ0n) is 10.1. The van der Waals surface area contributed by atoms with Gasteiger partial charge in [0.15, 0.2) is 21.9 Å². The predicted octanol–water partition coefficient (Wildman–Crippen LogP) is 3.05. The molecule has 19 heavy (non-hydrogen) atoms. The van der Waals surface area contributed by atoms with Crippen molar-refractivity contribution in [1.82, 2.24) is 0 Å². The smallest absolute Gasteiger partial charge is 0.293 e. The van der Waals surface area contributed by atoms with Crippen LogP contribution in [0.3, 0.4) is 0 Å². The SMILES string of the molecule is CN(C(=O)c1ccc(Br)o1)c1ccc2c(c1)OCO2. The first-order valence-corrected chi connectivity index (χ1v) is 6.37. The summed E-state index contributed by atoms with van der Waals surface area (Å²) < 4.78 is 16.3. The van der Waals surface area contributed by atoms with E-state index in [-0.39, 0.29) is 18.5 Å². The summed E-state index contributed by atoms with van der Waals surface area (Å²) in [4.78, 5) is 13.7. The van der Waals surface area contributed by atoms with Crippen LogP contribution in [0.25, 0.3) is 0 Å². The minimum absolute atomic E-state index is 0.210. The topological polar surface area (TPSA) is 51.9 Å². The maximum Gasteiger partial charge on any atom is 0.293 e. The van der Waals surface area contributed by atoms with E-state index in [1.54, 1.807) is 37.4 Å². The molecule has 0 saturated carbocycles. The summed E-state index contributed by atoms with van der Waals surface area (Å²) in [6.45, 7) is 0.210. The molecule has 3 rings (SSSR count). The summed E-state index contributed by atoms with van der Waals surface area (Å²) in [7, 11) is 1.68. The van der Waals surface area contributed by atoms with Crippen molar-refractivity contribution >= 4 is 27.5 Å². The number of anilines is 1. The summed E-state index contributed by atoms with van der Waals surface area (Å²) >= 11 is 3.17. The molecule has 0 saturated heterocycles. The van der Waals surface area contributed by atoms with E-state index in [2.05, 4.69) is 15.9 Å². The number of benzene rings is 1. The number of furan rings is 1. The second kappa shape index (κ2) is 4.62. The molecule has 98 valence electrons. The van der Waals surface area contributed by atoms with Gasteiger partial charge < -0.3 is 18.8 Å². The second-order valence-corrected chi connectivity index (χ2v) is 4.79. The van der Waals surface area contributed by atoms with Gasteiger partial charge in [0.25, 0.3) is 5.91 Å². The van der Waals surface area contributed by atoms with Crippen molar-refractivity contribution in [2.45, 2.75) is 0 Å². The Labute approximate surface area is 117 Å². The predicted molar refractivity (Wildman–Crippen MR) is 71.7 cm³/mol. The van der Waals surface area contributed by atoms with Crippen molar-refractivity contribution in [3.63, 3.8) is 0 Å². The molecule has 0 spiro atoms. The van der Waals surface area contributed by atoms with E-state index in [4.69, 9.17) is 13.9 Å². The Morgan fingerprint density at radius 3 is 2.74 bits per heavy atom. The van der Waals surface area contributed by atoms with Crippen LogP contribution in [0, 0.1) is 0 Å². The average molecular weight is 324 g/mol. The van der Waals surface area contributed by atoms with Crippen LogP contribution in [0.4, 0.5) is 5.69 Å². The van der Waals surface area contributed by atoms with E-state index in [0.717, 1.165) is 0 Å². The van der Waals surface area contributed by atoms with E-state index in [1.807, 2.05) is 0 Å². The molecular formula is C13H10BrNO4. The minimum atomic E-state index is -0.232. The van der Waals surface area contributed by atoms with E-state index in [1.165, 1.54) is 4.90 Å². The van der Waals surface area contributed by atoms with Crippen molar-refractivity contribution < 1.29 is 18.7 Å². The molecule has 0 radical (unpaired) electrons. The van der Waals surface area contributed by atoms with Gasteiger partial charge in [-0.05, 0) is 40.2 Å². The van der Waals surface area contributed by atoms with Gasteiger partial charge in [0, 0.05) is 18.8 Å². The van der Waals surface area contributed by atoms with Gasteiger partial charge in [-0.1, -0.05) is 0 Å². The fourth-order valence-corrected chi connectivity index (χ4v) is 2.11. The minimum Gasteiger partial charge on any atom is -0.454 e. The van der Waals surface area contributed by atoms with E-state index in [0.29, 0.717) is 21.9 Å². The summed E-state index contributed by atoms with van der Waals surface area (Å²) in [6, 6.07) is 8.64. The molecule has 0 bridgehead atoms. The number of hydrogen-bond donors (Lipinski definition) is 0. The van der Waals surface area contributed by atoms with Crippen LogP contribution in [-0.2, 0) is 0 Å². The number of carbonyl (C=O) groups excluding carboxylic acids is 1. The Hall–Kier alpha value is -1.95. The fourth-order valence-electron chi connectivity index (χ4n) is 1.81. The Morgan fingerprint density at radius 1 is 1.21 bits per heavy atom. The van der Waals surface area contributed by atoms with Gasteiger partial charge in [-0.15, -0.1) is 0 Å². The monoisotopic (exact) mass is 323 g/mol.